The third-order valence-corrected chi connectivity index (χ3v) is 8.53. The van der Waals surface area contributed by atoms with Gasteiger partial charge in [0.25, 0.3) is 0 Å². The molecule has 6 rings (SSSR count). The summed E-state index contributed by atoms with van der Waals surface area (Å²) >= 11 is 0. The lowest BCUT2D eigenvalue weighted by Crippen LogP contribution is -2.57. The quantitative estimate of drug-likeness (QED) is 0.657. The second-order valence-corrected chi connectivity index (χ2v) is 10.8. The summed E-state index contributed by atoms with van der Waals surface area (Å²) < 4.78 is 6.40. The van der Waals surface area contributed by atoms with Gasteiger partial charge in [0.15, 0.2) is 0 Å². The summed E-state index contributed by atoms with van der Waals surface area (Å²) in [6.45, 7) is 4.04. The second kappa shape index (κ2) is 7.94. The number of hydrogen-bond acceptors (Lipinski definition) is 4. The molecule has 5 aliphatic rings. The summed E-state index contributed by atoms with van der Waals surface area (Å²) in [5.41, 5.74) is 1.90. The molecule has 3 amide bonds. The normalized spacial score (nSPS) is 34.4. The van der Waals surface area contributed by atoms with Gasteiger partial charge in [0.2, 0.25) is 17.7 Å². The van der Waals surface area contributed by atoms with Gasteiger partial charge in [-0.05, 0) is 62.8 Å². The molecule has 0 radical (unpaired) electrons. The highest BCUT2D eigenvalue weighted by molar-refractivity contribution is 6.03. The highest BCUT2D eigenvalue weighted by atomic mass is 16.5. The van der Waals surface area contributed by atoms with E-state index in [1.807, 2.05) is 44.2 Å². The molecular formula is C27H33N3O4. The van der Waals surface area contributed by atoms with E-state index in [2.05, 4.69) is 10.6 Å². The van der Waals surface area contributed by atoms with Gasteiger partial charge in [0.05, 0.1) is 17.9 Å². The standard InChI is InChI=1S/C27H33N3O4/c1-15-8-9-18(14-16(15)2)29-24(31)21-20-12-13-27(34-20)22(21)26(33)30(19-10-11-19)23(27)25(32)28-17-6-4-3-5-7-17/h8-9,12-14,17,19-23H,3-7,10-11H2,1-2H3,(H,28,32)(H,29,31)/t20-,21?,22-,23?,27?/m0/s1. The minimum absolute atomic E-state index is 0.0640. The van der Waals surface area contributed by atoms with Gasteiger partial charge in [0.1, 0.15) is 11.6 Å². The first-order valence-corrected chi connectivity index (χ1v) is 12.8. The van der Waals surface area contributed by atoms with Gasteiger partial charge in [-0.15, -0.1) is 0 Å². The smallest absolute Gasteiger partial charge is 0.246 e. The minimum atomic E-state index is -1.06. The Bertz CT molecular complexity index is 1070. The Labute approximate surface area is 200 Å². The molecule has 2 bridgehead atoms. The molecule has 1 aromatic carbocycles. The van der Waals surface area contributed by atoms with Crippen LogP contribution in [-0.4, -0.2) is 52.5 Å². The van der Waals surface area contributed by atoms with Crippen molar-refractivity contribution in [3.8, 4) is 0 Å². The Hall–Kier alpha value is -2.67. The van der Waals surface area contributed by atoms with Crippen molar-refractivity contribution < 1.29 is 19.1 Å². The molecule has 2 saturated carbocycles. The molecule has 7 nitrogen and oxygen atoms in total. The molecule has 1 spiro atoms. The van der Waals surface area contributed by atoms with E-state index in [-0.39, 0.29) is 29.8 Å². The molecule has 7 heteroatoms. The molecule has 2 aliphatic carbocycles. The maximum absolute atomic E-state index is 13.8. The van der Waals surface area contributed by atoms with Crippen molar-refractivity contribution in [1.29, 1.82) is 0 Å². The van der Waals surface area contributed by atoms with Crippen LogP contribution in [0.5, 0.6) is 0 Å². The molecule has 3 unspecified atom stereocenters. The van der Waals surface area contributed by atoms with Crippen LogP contribution in [0.3, 0.4) is 0 Å². The summed E-state index contributed by atoms with van der Waals surface area (Å²) in [5, 5.41) is 6.24. The van der Waals surface area contributed by atoms with Crippen LogP contribution in [0.25, 0.3) is 0 Å². The summed E-state index contributed by atoms with van der Waals surface area (Å²) in [6, 6.07) is 5.31. The number of ether oxygens (including phenoxy) is 1. The fraction of sp³-hybridized carbons (Fsp3) is 0.593. The van der Waals surface area contributed by atoms with Crippen LogP contribution in [0, 0.1) is 25.7 Å². The van der Waals surface area contributed by atoms with Crippen LogP contribution in [0.15, 0.2) is 30.4 Å². The van der Waals surface area contributed by atoms with Gasteiger partial charge >= 0.3 is 0 Å². The van der Waals surface area contributed by atoms with E-state index in [9.17, 15) is 14.4 Å². The molecule has 0 aromatic heterocycles. The molecule has 2 saturated heterocycles. The lowest BCUT2D eigenvalue weighted by atomic mass is 9.74. The number of carbonyl (C=O) groups excluding carboxylic acids is 3. The zero-order chi connectivity index (χ0) is 23.6. The third kappa shape index (κ3) is 3.31. The van der Waals surface area contributed by atoms with Gasteiger partial charge in [-0.25, -0.2) is 0 Å². The first-order chi connectivity index (χ1) is 16.4. The van der Waals surface area contributed by atoms with Crippen molar-refractivity contribution >= 4 is 23.4 Å². The summed E-state index contributed by atoms with van der Waals surface area (Å²) in [5.74, 6) is -1.78. The fourth-order valence-corrected chi connectivity index (χ4v) is 6.52. The average Bonchev–Trinajstić information content (AvgIpc) is 3.41. The van der Waals surface area contributed by atoms with Crippen LogP contribution >= 0.6 is 0 Å². The molecule has 180 valence electrons. The average molecular weight is 464 g/mol. The van der Waals surface area contributed by atoms with Crippen molar-refractivity contribution in [1.82, 2.24) is 10.2 Å². The van der Waals surface area contributed by atoms with E-state index in [1.165, 1.54) is 6.42 Å². The van der Waals surface area contributed by atoms with Gasteiger partial charge in [-0.3, -0.25) is 14.4 Å². The first kappa shape index (κ1) is 21.8. The topological polar surface area (TPSA) is 87.7 Å². The molecule has 3 heterocycles. The third-order valence-electron chi connectivity index (χ3n) is 8.53. The zero-order valence-corrected chi connectivity index (χ0v) is 19.9. The number of carbonyl (C=O) groups is 3. The van der Waals surface area contributed by atoms with Gasteiger partial charge in [-0.1, -0.05) is 37.5 Å². The molecule has 4 fully saturated rings. The largest absolute Gasteiger partial charge is 0.359 e. The maximum Gasteiger partial charge on any atom is 0.246 e. The summed E-state index contributed by atoms with van der Waals surface area (Å²) in [6.07, 6.45) is 10.5. The first-order valence-electron chi connectivity index (χ1n) is 12.8. The van der Waals surface area contributed by atoms with E-state index in [4.69, 9.17) is 4.74 Å². The number of nitrogens with zero attached hydrogens (tertiary/aromatic N) is 1. The maximum atomic E-state index is 13.8. The molecule has 2 N–H and O–H groups in total. The Kier molecular flexibility index (Phi) is 5.10. The monoisotopic (exact) mass is 463 g/mol. The van der Waals surface area contributed by atoms with Crippen molar-refractivity contribution in [2.75, 3.05) is 5.32 Å². The predicted octanol–water partition coefficient (Wildman–Crippen LogP) is 3.00. The number of aryl methyl sites for hydroxylation is 2. The molecule has 5 atom stereocenters. The number of hydrogen-bond donors (Lipinski definition) is 2. The Morgan fingerprint density at radius 2 is 1.79 bits per heavy atom. The van der Waals surface area contributed by atoms with Gasteiger partial charge in [-0.2, -0.15) is 0 Å². The second-order valence-electron chi connectivity index (χ2n) is 10.8. The zero-order valence-electron chi connectivity index (χ0n) is 19.9. The van der Waals surface area contributed by atoms with Crippen LogP contribution in [0.1, 0.15) is 56.1 Å². The van der Waals surface area contributed by atoms with Crippen LogP contribution in [0.2, 0.25) is 0 Å². The van der Waals surface area contributed by atoms with Crippen LogP contribution in [-0.2, 0) is 19.1 Å². The van der Waals surface area contributed by atoms with E-state index in [0.29, 0.717) is 5.69 Å². The number of rotatable bonds is 5. The Morgan fingerprint density at radius 3 is 2.50 bits per heavy atom. The molecule has 1 aromatic rings. The van der Waals surface area contributed by atoms with Crippen molar-refractivity contribution in [3.63, 3.8) is 0 Å². The predicted molar refractivity (Wildman–Crippen MR) is 127 cm³/mol. The van der Waals surface area contributed by atoms with E-state index in [1.54, 1.807) is 4.90 Å². The van der Waals surface area contributed by atoms with Crippen molar-refractivity contribution in [3.05, 3.63) is 41.5 Å². The van der Waals surface area contributed by atoms with E-state index in [0.717, 1.165) is 49.7 Å². The number of benzene rings is 1. The lowest BCUT2D eigenvalue weighted by molar-refractivity contribution is -0.142. The fourth-order valence-electron chi connectivity index (χ4n) is 6.52. The van der Waals surface area contributed by atoms with Gasteiger partial charge in [0, 0.05) is 17.8 Å². The van der Waals surface area contributed by atoms with Crippen molar-refractivity contribution in [2.45, 2.75) is 88.6 Å². The molecular weight excluding hydrogens is 430 g/mol. The lowest BCUT2D eigenvalue weighted by Gasteiger charge is -2.34. The minimum Gasteiger partial charge on any atom is -0.359 e. The van der Waals surface area contributed by atoms with Gasteiger partial charge < -0.3 is 20.3 Å². The highest BCUT2D eigenvalue weighted by Gasteiger charge is 2.74. The summed E-state index contributed by atoms with van der Waals surface area (Å²) in [4.78, 5) is 42.7. The molecule has 3 aliphatic heterocycles. The number of amides is 3. The summed E-state index contributed by atoms with van der Waals surface area (Å²) in [7, 11) is 0. The van der Waals surface area contributed by atoms with E-state index < -0.39 is 29.6 Å². The van der Waals surface area contributed by atoms with Crippen LogP contribution in [0.4, 0.5) is 5.69 Å². The van der Waals surface area contributed by atoms with Crippen LogP contribution < -0.4 is 10.6 Å². The molecule has 34 heavy (non-hydrogen) atoms. The highest BCUT2D eigenvalue weighted by Crippen LogP contribution is 2.57. The van der Waals surface area contributed by atoms with E-state index >= 15 is 0 Å². The number of fused-ring (bicyclic) bond motifs is 1. The SMILES string of the molecule is Cc1ccc(NC(=O)C2[C@@H]3C=CC4(O3)C(C(=O)NC3CCCCC3)N(C3CC3)C(=O)[C@H]24)cc1C. The number of likely N-dealkylation sites (tertiary alicyclic amines) is 1. The van der Waals surface area contributed by atoms with Crippen molar-refractivity contribution in [2.24, 2.45) is 11.8 Å². The Morgan fingerprint density at radius 1 is 1.03 bits per heavy atom. The Balaban J connectivity index is 1.29. The number of nitrogens with one attached hydrogen (secondary N) is 2. The number of anilines is 1.